The number of aromatic nitrogens is 2. The molecule has 1 aliphatic carbocycles. The van der Waals surface area contributed by atoms with Crippen LogP contribution in [0.5, 0.6) is 0 Å². The first-order valence-corrected chi connectivity index (χ1v) is 8.06. The lowest BCUT2D eigenvalue weighted by Gasteiger charge is -2.26. The van der Waals surface area contributed by atoms with Gasteiger partial charge in [-0.1, -0.05) is 26.7 Å². The van der Waals surface area contributed by atoms with Gasteiger partial charge in [0, 0.05) is 25.7 Å². The van der Waals surface area contributed by atoms with E-state index in [0.717, 1.165) is 43.1 Å². The lowest BCUT2D eigenvalue weighted by molar-refractivity contribution is 0.484. The van der Waals surface area contributed by atoms with Gasteiger partial charge in [-0.3, -0.25) is 4.98 Å². The predicted octanol–water partition coefficient (Wildman–Crippen LogP) is 2.99. The average molecular weight is 276 g/mol. The summed E-state index contributed by atoms with van der Waals surface area (Å²) in [5, 5.41) is 3.47. The maximum absolute atomic E-state index is 4.59. The molecule has 1 fully saturated rings. The standard InChI is InChI=1S/C16H28N4/c1-4-13(5-2)12-20(6-3)16-11-18-15(10-19-16)9-17-14-7-8-14/h10-11,13-14,17H,4-9,12H2,1-3H3. The van der Waals surface area contributed by atoms with Crippen LogP contribution in [0.4, 0.5) is 5.82 Å². The van der Waals surface area contributed by atoms with Crippen LogP contribution < -0.4 is 10.2 Å². The highest BCUT2D eigenvalue weighted by Crippen LogP contribution is 2.19. The molecular weight excluding hydrogens is 248 g/mol. The van der Waals surface area contributed by atoms with Gasteiger partial charge in [-0.2, -0.15) is 0 Å². The molecule has 1 aromatic heterocycles. The summed E-state index contributed by atoms with van der Waals surface area (Å²) in [6, 6.07) is 0.721. The first kappa shape index (κ1) is 15.2. The number of hydrogen-bond acceptors (Lipinski definition) is 4. The van der Waals surface area contributed by atoms with E-state index in [1.54, 1.807) is 0 Å². The van der Waals surface area contributed by atoms with Crippen LogP contribution in [0.25, 0.3) is 0 Å². The van der Waals surface area contributed by atoms with E-state index >= 15 is 0 Å². The number of nitrogens with zero attached hydrogens (tertiary/aromatic N) is 3. The van der Waals surface area contributed by atoms with Crippen LogP contribution >= 0.6 is 0 Å². The Kier molecular flexibility index (Phi) is 5.77. The third kappa shape index (κ3) is 4.44. The van der Waals surface area contributed by atoms with Crippen molar-refractivity contribution in [2.24, 2.45) is 5.92 Å². The van der Waals surface area contributed by atoms with Gasteiger partial charge in [0.05, 0.1) is 18.1 Å². The summed E-state index contributed by atoms with van der Waals surface area (Å²) in [5.41, 5.74) is 1.04. The van der Waals surface area contributed by atoms with Crippen molar-refractivity contribution in [1.82, 2.24) is 15.3 Å². The van der Waals surface area contributed by atoms with E-state index in [0.29, 0.717) is 0 Å². The number of nitrogens with one attached hydrogen (secondary N) is 1. The molecule has 0 spiro atoms. The van der Waals surface area contributed by atoms with Crippen molar-refractivity contribution in [3.8, 4) is 0 Å². The van der Waals surface area contributed by atoms with Crippen LogP contribution in [0.1, 0.15) is 52.1 Å². The Morgan fingerprint density at radius 1 is 1.20 bits per heavy atom. The first-order chi connectivity index (χ1) is 9.76. The fourth-order valence-electron chi connectivity index (χ4n) is 2.38. The van der Waals surface area contributed by atoms with Crippen LogP contribution in [-0.2, 0) is 6.54 Å². The highest BCUT2D eigenvalue weighted by atomic mass is 15.2. The van der Waals surface area contributed by atoms with Crippen molar-refractivity contribution in [1.29, 1.82) is 0 Å². The molecule has 0 saturated heterocycles. The molecule has 1 N–H and O–H groups in total. The molecule has 1 saturated carbocycles. The molecular formula is C16H28N4. The molecule has 0 unspecified atom stereocenters. The first-order valence-electron chi connectivity index (χ1n) is 8.06. The third-order valence-electron chi connectivity index (χ3n) is 4.18. The largest absolute Gasteiger partial charge is 0.355 e. The van der Waals surface area contributed by atoms with Gasteiger partial charge >= 0.3 is 0 Å². The number of rotatable bonds is 9. The smallest absolute Gasteiger partial charge is 0.147 e. The third-order valence-corrected chi connectivity index (χ3v) is 4.18. The summed E-state index contributed by atoms with van der Waals surface area (Å²) in [4.78, 5) is 11.5. The molecule has 112 valence electrons. The zero-order chi connectivity index (χ0) is 14.4. The Bertz CT molecular complexity index is 382. The molecule has 1 heterocycles. The monoisotopic (exact) mass is 276 g/mol. The minimum Gasteiger partial charge on any atom is -0.355 e. The quantitative estimate of drug-likeness (QED) is 0.753. The Balaban J connectivity index is 1.91. The number of anilines is 1. The van der Waals surface area contributed by atoms with Gasteiger partial charge < -0.3 is 10.2 Å². The second-order valence-electron chi connectivity index (χ2n) is 5.74. The Morgan fingerprint density at radius 2 is 1.95 bits per heavy atom. The van der Waals surface area contributed by atoms with Crippen molar-refractivity contribution in [2.75, 3.05) is 18.0 Å². The van der Waals surface area contributed by atoms with Gasteiger partial charge in [0.15, 0.2) is 0 Å². The average Bonchev–Trinajstić information content (AvgIpc) is 3.32. The molecule has 20 heavy (non-hydrogen) atoms. The van der Waals surface area contributed by atoms with Crippen molar-refractivity contribution < 1.29 is 0 Å². The minimum atomic E-state index is 0.721. The second kappa shape index (κ2) is 7.58. The molecule has 0 radical (unpaired) electrons. The molecule has 0 atom stereocenters. The van der Waals surface area contributed by atoms with Gasteiger partial charge in [-0.15, -0.1) is 0 Å². The Labute approximate surface area is 123 Å². The van der Waals surface area contributed by atoms with Gasteiger partial charge in [-0.25, -0.2) is 4.98 Å². The van der Waals surface area contributed by atoms with Crippen LogP contribution in [0.2, 0.25) is 0 Å². The number of hydrogen-bond donors (Lipinski definition) is 1. The van der Waals surface area contributed by atoms with Crippen LogP contribution in [-0.4, -0.2) is 29.1 Å². The zero-order valence-corrected chi connectivity index (χ0v) is 13.1. The van der Waals surface area contributed by atoms with Gasteiger partial charge in [0.2, 0.25) is 0 Å². The van der Waals surface area contributed by atoms with Gasteiger partial charge in [-0.05, 0) is 25.7 Å². The maximum Gasteiger partial charge on any atom is 0.147 e. The summed E-state index contributed by atoms with van der Waals surface area (Å²) >= 11 is 0. The topological polar surface area (TPSA) is 41.1 Å². The molecule has 4 heteroatoms. The minimum absolute atomic E-state index is 0.721. The summed E-state index contributed by atoms with van der Waals surface area (Å²) in [5.74, 6) is 1.75. The Hall–Kier alpha value is -1.16. The summed E-state index contributed by atoms with van der Waals surface area (Å²) < 4.78 is 0. The molecule has 0 bridgehead atoms. The fraction of sp³-hybridized carbons (Fsp3) is 0.750. The highest BCUT2D eigenvalue weighted by molar-refractivity contribution is 5.35. The van der Waals surface area contributed by atoms with E-state index in [1.807, 2.05) is 12.4 Å². The SMILES string of the molecule is CCC(CC)CN(CC)c1cnc(CNC2CC2)cn1. The summed E-state index contributed by atoms with van der Waals surface area (Å²) in [6.45, 7) is 9.63. The van der Waals surface area contributed by atoms with Gasteiger partial charge in [0.1, 0.15) is 5.82 Å². The van der Waals surface area contributed by atoms with E-state index in [2.05, 4.69) is 41.0 Å². The predicted molar refractivity (Wildman–Crippen MR) is 83.9 cm³/mol. The lowest BCUT2D eigenvalue weighted by Crippen LogP contribution is -2.30. The van der Waals surface area contributed by atoms with Gasteiger partial charge in [0.25, 0.3) is 0 Å². The zero-order valence-electron chi connectivity index (χ0n) is 13.1. The Morgan fingerprint density at radius 3 is 2.45 bits per heavy atom. The van der Waals surface area contributed by atoms with E-state index in [1.165, 1.54) is 25.7 Å². The summed E-state index contributed by atoms with van der Waals surface area (Å²) in [6.07, 6.45) is 8.92. The van der Waals surface area contributed by atoms with Crippen molar-refractivity contribution in [3.63, 3.8) is 0 Å². The van der Waals surface area contributed by atoms with Crippen molar-refractivity contribution in [3.05, 3.63) is 18.1 Å². The van der Waals surface area contributed by atoms with E-state index < -0.39 is 0 Å². The van der Waals surface area contributed by atoms with Crippen molar-refractivity contribution in [2.45, 2.75) is 59.0 Å². The molecule has 2 rings (SSSR count). The highest BCUT2D eigenvalue weighted by Gasteiger charge is 2.20. The van der Waals surface area contributed by atoms with Crippen molar-refractivity contribution >= 4 is 5.82 Å². The molecule has 0 amide bonds. The lowest BCUT2D eigenvalue weighted by atomic mass is 10.0. The van der Waals surface area contributed by atoms with E-state index in [4.69, 9.17) is 0 Å². The fourth-order valence-corrected chi connectivity index (χ4v) is 2.38. The second-order valence-corrected chi connectivity index (χ2v) is 5.74. The van der Waals surface area contributed by atoms with Crippen LogP contribution in [0.15, 0.2) is 12.4 Å². The molecule has 4 nitrogen and oxygen atoms in total. The summed E-state index contributed by atoms with van der Waals surface area (Å²) in [7, 11) is 0. The van der Waals surface area contributed by atoms with E-state index in [9.17, 15) is 0 Å². The maximum atomic E-state index is 4.59. The normalized spacial score (nSPS) is 14.8. The molecule has 0 aliphatic heterocycles. The molecule has 0 aromatic carbocycles. The molecule has 1 aromatic rings. The molecule has 1 aliphatic rings. The van der Waals surface area contributed by atoms with E-state index in [-0.39, 0.29) is 0 Å². The van der Waals surface area contributed by atoms with Crippen LogP contribution in [0, 0.1) is 5.92 Å². The van der Waals surface area contributed by atoms with Crippen LogP contribution in [0.3, 0.4) is 0 Å².